The van der Waals surface area contributed by atoms with E-state index in [-0.39, 0.29) is 13.2 Å². The Labute approximate surface area is 164 Å². The highest BCUT2D eigenvalue weighted by Gasteiger charge is 2.39. The van der Waals surface area contributed by atoms with E-state index in [0.717, 1.165) is 19.3 Å². The minimum absolute atomic E-state index is 0.00862. The van der Waals surface area contributed by atoms with E-state index in [1.165, 1.54) is 57.8 Å². The molecular weight excluding hydrogens is 352 g/mol. The van der Waals surface area contributed by atoms with Gasteiger partial charge >= 0.3 is 0 Å². The number of aliphatic hydroxyl groups excluding tert-OH is 3. The number of aliphatic hydroxyl groups is 3. The lowest BCUT2D eigenvalue weighted by Gasteiger charge is -2.21. The van der Waals surface area contributed by atoms with Gasteiger partial charge in [0, 0.05) is 6.42 Å². The number of rotatable bonds is 15. The van der Waals surface area contributed by atoms with Crippen molar-refractivity contribution >= 4 is 17.3 Å². The van der Waals surface area contributed by atoms with Gasteiger partial charge in [-0.25, -0.2) is 0 Å². The Kier molecular flexibility index (Phi) is 13.5. The number of thiocarbonyl (C=S) groups is 1. The lowest BCUT2D eigenvalue weighted by molar-refractivity contribution is -0.0663. The topological polar surface area (TPSA) is 79.2 Å². The Morgan fingerprint density at radius 3 is 2.04 bits per heavy atom. The first-order chi connectivity index (χ1) is 12.6. The van der Waals surface area contributed by atoms with Crippen molar-refractivity contribution in [1.29, 1.82) is 0 Å². The van der Waals surface area contributed by atoms with Gasteiger partial charge in [-0.2, -0.15) is 0 Å². The van der Waals surface area contributed by atoms with Crippen LogP contribution in [-0.4, -0.2) is 58.0 Å². The molecule has 1 saturated heterocycles. The molecule has 1 aliphatic heterocycles. The summed E-state index contributed by atoms with van der Waals surface area (Å²) in [5.74, 6) is 0. The van der Waals surface area contributed by atoms with E-state index in [2.05, 4.69) is 6.92 Å². The molecule has 0 bridgehead atoms. The third kappa shape index (κ3) is 10.2. The van der Waals surface area contributed by atoms with Crippen LogP contribution in [0.5, 0.6) is 0 Å². The van der Waals surface area contributed by atoms with Crippen LogP contribution < -0.4 is 0 Å². The fourth-order valence-electron chi connectivity index (χ4n) is 3.24. The number of ether oxygens (including phenoxy) is 2. The van der Waals surface area contributed by atoms with E-state index in [1.807, 2.05) is 0 Å². The number of unbranched alkanes of at least 4 members (excludes halogenated alkanes) is 10. The standard InChI is InChI=1S/C20H38O5S/c1-2-3-4-5-6-7-8-9-10-11-12-13-18(26)24-15-17(22)20-19(23)16(21)14-25-20/h16-17,19-23H,2-15H2,1H3/t16-,17+,19-,20-/m1/s1. The molecule has 0 spiro atoms. The summed E-state index contributed by atoms with van der Waals surface area (Å²) in [5, 5.41) is 29.6. The van der Waals surface area contributed by atoms with Gasteiger partial charge in [0.1, 0.15) is 31.0 Å². The summed E-state index contributed by atoms with van der Waals surface area (Å²) in [6.07, 6.45) is 11.1. The Hall–Kier alpha value is -0.270. The smallest absolute Gasteiger partial charge is 0.159 e. The average molecular weight is 391 g/mol. The monoisotopic (exact) mass is 390 g/mol. The molecule has 0 saturated carbocycles. The summed E-state index contributed by atoms with van der Waals surface area (Å²) >= 11 is 5.18. The van der Waals surface area contributed by atoms with Crippen LogP contribution in [0.1, 0.15) is 84.0 Å². The zero-order valence-electron chi connectivity index (χ0n) is 16.3. The van der Waals surface area contributed by atoms with Crippen molar-refractivity contribution in [3.05, 3.63) is 0 Å². The van der Waals surface area contributed by atoms with Crippen LogP contribution in [0.2, 0.25) is 0 Å². The highest BCUT2D eigenvalue weighted by Crippen LogP contribution is 2.18. The van der Waals surface area contributed by atoms with Gasteiger partial charge in [-0.1, -0.05) is 71.1 Å². The summed E-state index contributed by atoms with van der Waals surface area (Å²) in [4.78, 5) is 0. The molecule has 0 aromatic heterocycles. The van der Waals surface area contributed by atoms with Crippen LogP contribution in [0.25, 0.3) is 0 Å². The molecule has 26 heavy (non-hydrogen) atoms. The van der Waals surface area contributed by atoms with Crippen molar-refractivity contribution in [2.75, 3.05) is 13.2 Å². The van der Waals surface area contributed by atoms with Crippen molar-refractivity contribution < 1.29 is 24.8 Å². The van der Waals surface area contributed by atoms with Gasteiger partial charge in [0.15, 0.2) is 5.05 Å². The minimum atomic E-state index is -1.08. The molecule has 1 aliphatic rings. The Morgan fingerprint density at radius 2 is 1.54 bits per heavy atom. The van der Waals surface area contributed by atoms with Crippen LogP contribution in [-0.2, 0) is 9.47 Å². The van der Waals surface area contributed by atoms with Gasteiger partial charge in [0.25, 0.3) is 0 Å². The third-order valence-electron chi connectivity index (χ3n) is 4.97. The summed E-state index contributed by atoms with van der Waals surface area (Å²) < 4.78 is 10.6. The van der Waals surface area contributed by atoms with Gasteiger partial charge in [0.2, 0.25) is 0 Å². The van der Waals surface area contributed by atoms with Crippen LogP contribution in [0, 0.1) is 0 Å². The molecule has 5 nitrogen and oxygen atoms in total. The predicted molar refractivity (Wildman–Crippen MR) is 107 cm³/mol. The second-order valence-electron chi connectivity index (χ2n) is 7.39. The number of hydrogen-bond donors (Lipinski definition) is 3. The summed E-state index contributed by atoms with van der Waals surface area (Å²) in [5.41, 5.74) is 0. The second kappa shape index (κ2) is 14.7. The molecule has 1 heterocycles. The molecule has 0 radical (unpaired) electrons. The minimum Gasteiger partial charge on any atom is -0.484 e. The lowest BCUT2D eigenvalue weighted by atomic mass is 10.1. The highest BCUT2D eigenvalue weighted by atomic mass is 32.1. The van der Waals surface area contributed by atoms with Crippen LogP contribution in [0.15, 0.2) is 0 Å². The molecule has 4 atom stereocenters. The maximum absolute atomic E-state index is 9.97. The first kappa shape index (κ1) is 23.8. The summed E-state index contributed by atoms with van der Waals surface area (Å²) in [6, 6.07) is 0. The summed E-state index contributed by atoms with van der Waals surface area (Å²) in [6.45, 7) is 2.27. The first-order valence-corrected chi connectivity index (χ1v) is 10.8. The van der Waals surface area contributed by atoms with Crippen molar-refractivity contribution in [3.8, 4) is 0 Å². The Morgan fingerprint density at radius 1 is 1.00 bits per heavy atom. The second-order valence-corrected chi connectivity index (χ2v) is 7.85. The Bertz CT molecular complexity index is 366. The summed E-state index contributed by atoms with van der Waals surface area (Å²) in [7, 11) is 0. The molecule has 0 aliphatic carbocycles. The molecular formula is C20H38O5S. The normalized spacial score (nSPS) is 23.9. The SMILES string of the molecule is CCCCCCCCCCCCCC(=S)OC[C@H](O)[C@H]1OC[C@@H](O)[C@H]1O. The van der Waals surface area contributed by atoms with Gasteiger partial charge in [-0.05, 0) is 18.6 Å². The molecule has 154 valence electrons. The van der Waals surface area contributed by atoms with Crippen molar-refractivity contribution in [2.45, 2.75) is 108 Å². The highest BCUT2D eigenvalue weighted by molar-refractivity contribution is 7.80. The molecule has 1 rings (SSSR count). The molecule has 1 fully saturated rings. The fraction of sp³-hybridized carbons (Fsp3) is 0.950. The van der Waals surface area contributed by atoms with Crippen LogP contribution in [0.4, 0.5) is 0 Å². The molecule has 0 aromatic rings. The molecule has 0 amide bonds. The zero-order valence-corrected chi connectivity index (χ0v) is 17.1. The van der Waals surface area contributed by atoms with Crippen LogP contribution in [0.3, 0.4) is 0 Å². The maximum atomic E-state index is 9.97. The molecule has 0 unspecified atom stereocenters. The van der Waals surface area contributed by atoms with E-state index < -0.39 is 24.4 Å². The fourth-order valence-corrected chi connectivity index (χ4v) is 3.46. The number of hydrogen-bond acceptors (Lipinski definition) is 6. The van der Waals surface area contributed by atoms with Crippen molar-refractivity contribution in [2.24, 2.45) is 0 Å². The first-order valence-electron chi connectivity index (χ1n) is 10.4. The maximum Gasteiger partial charge on any atom is 0.159 e. The molecule has 6 heteroatoms. The van der Waals surface area contributed by atoms with E-state index in [4.69, 9.17) is 21.7 Å². The quantitative estimate of drug-likeness (QED) is 0.293. The van der Waals surface area contributed by atoms with E-state index in [0.29, 0.717) is 5.05 Å². The predicted octanol–water partition coefficient (Wildman–Crippen LogP) is 3.51. The van der Waals surface area contributed by atoms with Crippen LogP contribution >= 0.6 is 12.2 Å². The molecule has 0 aromatic carbocycles. The zero-order chi connectivity index (χ0) is 19.2. The van der Waals surface area contributed by atoms with Gasteiger partial charge in [-0.3, -0.25) is 0 Å². The van der Waals surface area contributed by atoms with E-state index in [1.54, 1.807) is 0 Å². The molecule has 3 N–H and O–H groups in total. The van der Waals surface area contributed by atoms with E-state index >= 15 is 0 Å². The van der Waals surface area contributed by atoms with E-state index in [9.17, 15) is 15.3 Å². The average Bonchev–Trinajstić information content (AvgIpc) is 2.96. The third-order valence-corrected chi connectivity index (χ3v) is 5.29. The van der Waals surface area contributed by atoms with Gasteiger partial charge in [0.05, 0.1) is 6.61 Å². The van der Waals surface area contributed by atoms with Gasteiger partial charge in [-0.15, -0.1) is 0 Å². The Balaban J connectivity index is 1.91. The van der Waals surface area contributed by atoms with Crippen molar-refractivity contribution in [3.63, 3.8) is 0 Å². The van der Waals surface area contributed by atoms with Gasteiger partial charge < -0.3 is 24.8 Å². The van der Waals surface area contributed by atoms with Crippen molar-refractivity contribution in [1.82, 2.24) is 0 Å². The largest absolute Gasteiger partial charge is 0.484 e. The lowest BCUT2D eigenvalue weighted by Crippen LogP contribution is -2.41.